The summed E-state index contributed by atoms with van der Waals surface area (Å²) in [5, 5.41) is 0. The summed E-state index contributed by atoms with van der Waals surface area (Å²) in [7, 11) is 2.20. The molecule has 26 heavy (non-hydrogen) atoms. The highest BCUT2D eigenvalue weighted by molar-refractivity contribution is 5.74. The van der Waals surface area contributed by atoms with Crippen molar-refractivity contribution in [3.8, 4) is 22.5 Å². The zero-order chi connectivity index (χ0) is 17.7. The van der Waals surface area contributed by atoms with Gasteiger partial charge in [-0.2, -0.15) is 4.57 Å². The maximum Gasteiger partial charge on any atom is 0.231 e. The second-order valence-electron chi connectivity index (χ2n) is 7.84. The zero-order valence-corrected chi connectivity index (χ0v) is 15.6. The Labute approximate surface area is 155 Å². The van der Waals surface area contributed by atoms with E-state index in [9.17, 15) is 0 Å². The second kappa shape index (κ2) is 6.05. The Kier molecular flexibility index (Phi) is 3.66. The first-order chi connectivity index (χ1) is 12.7. The average Bonchev–Trinajstić information content (AvgIpc) is 3.31. The monoisotopic (exact) mass is 341 g/mol. The van der Waals surface area contributed by atoms with Gasteiger partial charge in [0, 0.05) is 5.56 Å². The third-order valence-corrected chi connectivity index (χ3v) is 6.38. The molecular weight excluding hydrogens is 316 g/mol. The van der Waals surface area contributed by atoms with Crippen LogP contribution in [0.3, 0.4) is 0 Å². The lowest BCUT2D eigenvalue weighted by Crippen LogP contribution is -2.36. The van der Waals surface area contributed by atoms with Crippen molar-refractivity contribution in [2.75, 3.05) is 0 Å². The van der Waals surface area contributed by atoms with Crippen LogP contribution in [0.25, 0.3) is 22.5 Å². The standard InChI is InChI=1S/C24H25N2/c1-16-8-3-6-11-18(16)23-15-25-24-20-13-7-12-19(17-9-4-5-10-17)21(20)14-22(24)26(23)2/h3,6-8,11-13,15,17H,4-5,9-10,14H2,1-2H3/q+1. The van der Waals surface area contributed by atoms with Gasteiger partial charge in [0.05, 0.1) is 12.0 Å². The maximum absolute atomic E-state index is 4.93. The fourth-order valence-corrected chi connectivity index (χ4v) is 4.94. The van der Waals surface area contributed by atoms with Crippen LogP contribution in [0, 0.1) is 6.92 Å². The van der Waals surface area contributed by atoms with Gasteiger partial charge in [-0.05, 0) is 48.4 Å². The van der Waals surface area contributed by atoms with Gasteiger partial charge in [-0.15, -0.1) is 0 Å². The molecule has 0 atom stereocenters. The van der Waals surface area contributed by atoms with Gasteiger partial charge in [0.15, 0.2) is 0 Å². The van der Waals surface area contributed by atoms with Gasteiger partial charge >= 0.3 is 0 Å². The summed E-state index contributed by atoms with van der Waals surface area (Å²) < 4.78 is 2.36. The molecule has 0 unspecified atom stereocenters. The van der Waals surface area contributed by atoms with Crippen LogP contribution in [-0.2, 0) is 13.5 Å². The molecular formula is C24H25N2+. The highest BCUT2D eigenvalue weighted by atomic mass is 15.0. The Hall–Kier alpha value is -2.48. The number of hydrogen-bond acceptors (Lipinski definition) is 1. The Morgan fingerprint density at radius 1 is 0.962 bits per heavy atom. The van der Waals surface area contributed by atoms with Crippen LogP contribution >= 0.6 is 0 Å². The van der Waals surface area contributed by atoms with Crippen molar-refractivity contribution >= 4 is 0 Å². The molecule has 2 heteroatoms. The normalized spacial score (nSPS) is 15.9. The van der Waals surface area contributed by atoms with E-state index in [1.165, 1.54) is 65.0 Å². The van der Waals surface area contributed by atoms with Gasteiger partial charge in [0.25, 0.3) is 0 Å². The van der Waals surface area contributed by atoms with E-state index in [1.807, 2.05) is 0 Å². The minimum Gasteiger partial charge on any atom is -0.243 e. The van der Waals surface area contributed by atoms with Crippen molar-refractivity contribution < 1.29 is 4.57 Å². The van der Waals surface area contributed by atoms with Crippen LogP contribution in [-0.4, -0.2) is 4.98 Å². The average molecular weight is 341 g/mol. The molecule has 0 aliphatic heterocycles. The molecule has 1 fully saturated rings. The van der Waals surface area contributed by atoms with Crippen molar-refractivity contribution in [2.45, 2.75) is 44.9 Å². The first-order valence-corrected chi connectivity index (χ1v) is 9.80. The molecule has 0 saturated heterocycles. The number of rotatable bonds is 2. The van der Waals surface area contributed by atoms with Crippen LogP contribution < -0.4 is 4.57 Å². The maximum atomic E-state index is 4.93. The molecule has 3 aromatic rings. The molecule has 2 nitrogen and oxygen atoms in total. The van der Waals surface area contributed by atoms with Crippen LogP contribution in [0.4, 0.5) is 0 Å². The van der Waals surface area contributed by atoms with Crippen LogP contribution in [0.2, 0.25) is 0 Å². The molecule has 1 aromatic heterocycles. The molecule has 2 aliphatic carbocycles. The van der Waals surface area contributed by atoms with Crippen LogP contribution in [0.5, 0.6) is 0 Å². The number of hydrogen-bond donors (Lipinski definition) is 0. The molecule has 2 aromatic carbocycles. The van der Waals surface area contributed by atoms with Gasteiger partial charge in [-0.1, -0.05) is 49.2 Å². The van der Waals surface area contributed by atoms with Crippen LogP contribution in [0.15, 0.2) is 48.7 Å². The summed E-state index contributed by atoms with van der Waals surface area (Å²) in [5.41, 5.74) is 10.8. The van der Waals surface area contributed by atoms with E-state index < -0.39 is 0 Å². The lowest BCUT2D eigenvalue weighted by molar-refractivity contribution is -0.667. The molecule has 1 saturated carbocycles. The SMILES string of the molecule is Cc1ccccc1-c1cnc2c([n+]1C)Cc1c-2cccc1C1CCCC1. The van der Waals surface area contributed by atoms with Gasteiger partial charge in [0.1, 0.15) is 18.9 Å². The molecule has 1 heterocycles. The highest BCUT2D eigenvalue weighted by Gasteiger charge is 2.33. The smallest absolute Gasteiger partial charge is 0.231 e. The van der Waals surface area contributed by atoms with E-state index in [1.54, 1.807) is 5.56 Å². The lowest BCUT2D eigenvalue weighted by Gasteiger charge is -2.13. The molecule has 0 amide bonds. The van der Waals surface area contributed by atoms with Gasteiger partial charge < -0.3 is 0 Å². The Balaban J connectivity index is 1.63. The van der Waals surface area contributed by atoms with Crippen molar-refractivity contribution in [3.63, 3.8) is 0 Å². The number of aromatic nitrogens is 2. The lowest BCUT2D eigenvalue weighted by atomic mass is 9.90. The van der Waals surface area contributed by atoms with E-state index in [0.29, 0.717) is 0 Å². The van der Waals surface area contributed by atoms with Crippen molar-refractivity contribution in [1.82, 2.24) is 4.98 Å². The fourth-order valence-electron chi connectivity index (χ4n) is 4.94. The minimum atomic E-state index is 0.750. The predicted molar refractivity (Wildman–Crippen MR) is 105 cm³/mol. The topological polar surface area (TPSA) is 16.8 Å². The number of nitrogens with zero attached hydrogens (tertiary/aromatic N) is 2. The first kappa shape index (κ1) is 15.7. The molecule has 2 aliphatic rings. The Morgan fingerprint density at radius 3 is 2.54 bits per heavy atom. The second-order valence-corrected chi connectivity index (χ2v) is 7.84. The third-order valence-electron chi connectivity index (χ3n) is 6.38. The summed E-state index contributed by atoms with van der Waals surface area (Å²) >= 11 is 0. The number of benzene rings is 2. The molecule has 130 valence electrons. The van der Waals surface area contributed by atoms with E-state index in [-0.39, 0.29) is 0 Å². The van der Waals surface area contributed by atoms with Gasteiger partial charge in [-0.3, -0.25) is 0 Å². The molecule has 0 bridgehead atoms. The predicted octanol–water partition coefficient (Wildman–Crippen LogP) is 5.11. The van der Waals surface area contributed by atoms with E-state index in [2.05, 4.69) is 67.2 Å². The summed E-state index contributed by atoms with van der Waals surface area (Å²) in [6, 6.07) is 15.5. The van der Waals surface area contributed by atoms with E-state index in [0.717, 1.165) is 12.3 Å². The Morgan fingerprint density at radius 2 is 1.73 bits per heavy atom. The highest BCUT2D eigenvalue weighted by Crippen LogP contribution is 2.42. The number of aryl methyl sites for hydroxylation is 1. The van der Waals surface area contributed by atoms with Crippen molar-refractivity contribution in [1.29, 1.82) is 0 Å². The summed E-state index contributed by atoms with van der Waals surface area (Å²) in [4.78, 5) is 4.93. The summed E-state index contributed by atoms with van der Waals surface area (Å²) in [5.74, 6) is 0.750. The third kappa shape index (κ3) is 2.32. The quantitative estimate of drug-likeness (QED) is 0.463. The fraction of sp³-hybridized carbons (Fsp3) is 0.333. The van der Waals surface area contributed by atoms with E-state index in [4.69, 9.17) is 4.98 Å². The van der Waals surface area contributed by atoms with Crippen molar-refractivity contribution in [2.24, 2.45) is 7.05 Å². The van der Waals surface area contributed by atoms with Gasteiger partial charge in [0.2, 0.25) is 11.4 Å². The van der Waals surface area contributed by atoms with E-state index >= 15 is 0 Å². The van der Waals surface area contributed by atoms with Crippen molar-refractivity contribution in [3.05, 3.63) is 71.0 Å². The van der Waals surface area contributed by atoms with Crippen LogP contribution in [0.1, 0.15) is 54.0 Å². The summed E-state index contributed by atoms with van der Waals surface area (Å²) in [6.45, 7) is 2.18. The first-order valence-electron chi connectivity index (χ1n) is 9.80. The van der Waals surface area contributed by atoms with Gasteiger partial charge in [-0.25, -0.2) is 4.98 Å². The number of fused-ring (bicyclic) bond motifs is 3. The Bertz CT molecular complexity index is 997. The molecule has 0 N–H and O–H groups in total. The molecule has 0 radical (unpaired) electrons. The largest absolute Gasteiger partial charge is 0.243 e. The molecule has 5 rings (SSSR count). The zero-order valence-electron chi connectivity index (χ0n) is 15.6. The molecule has 0 spiro atoms. The minimum absolute atomic E-state index is 0.750. The summed E-state index contributed by atoms with van der Waals surface area (Å²) in [6.07, 6.45) is 8.52.